The fourth-order valence-corrected chi connectivity index (χ4v) is 4.42. The van der Waals surface area contributed by atoms with E-state index in [0.29, 0.717) is 52.8 Å². The van der Waals surface area contributed by atoms with Crippen LogP contribution in [0.2, 0.25) is 0 Å². The van der Waals surface area contributed by atoms with E-state index in [0.717, 1.165) is 44.5 Å². The molecule has 0 aliphatic heterocycles. The minimum absolute atomic E-state index is 0.0252. The summed E-state index contributed by atoms with van der Waals surface area (Å²) in [4.78, 5) is 22.5. The van der Waals surface area contributed by atoms with Crippen LogP contribution in [0, 0.1) is 0 Å². The number of nitrogens with zero attached hydrogens (tertiary/aromatic N) is 6. The number of H-pyrrole nitrogens is 1. The number of nitrogens with one attached hydrogen (secondary N) is 1. The van der Waals surface area contributed by atoms with Crippen molar-refractivity contribution in [2.75, 3.05) is 25.9 Å². The molecule has 1 unspecified atom stereocenters. The molecular weight excluding hydrogens is 485 g/mol. The number of alkyl halides is 3. The number of fused-ring (bicyclic) bond motifs is 2. The third kappa shape index (κ3) is 6.55. The van der Waals surface area contributed by atoms with Crippen molar-refractivity contribution < 1.29 is 17.9 Å². The summed E-state index contributed by atoms with van der Waals surface area (Å²) >= 11 is 0. The molecule has 1 aromatic carbocycles. The average molecular weight is 519 g/mol. The Balaban J connectivity index is 1.28. The number of hydrogen-bond donors (Lipinski definition) is 2. The smallest absolute Gasteiger partial charge is 0.382 e. The maximum absolute atomic E-state index is 13.0. The molecular formula is C25H33F3N8O. The van der Waals surface area contributed by atoms with E-state index in [9.17, 15) is 13.2 Å². The molecule has 3 aromatic heterocycles. The molecule has 200 valence electrons. The number of anilines is 1. The zero-order chi connectivity index (χ0) is 26.6. The van der Waals surface area contributed by atoms with Crippen molar-refractivity contribution in [1.82, 2.24) is 34.4 Å². The van der Waals surface area contributed by atoms with E-state index in [1.54, 1.807) is 13.4 Å². The molecule has 0 bridgehead atoms. The first-order valence-corrected chi connectivity index (χ1v) is 12.4. The minimum atomic E-state index is -4.37. The van der Waals surface area contributed by atoms with E-state index in [4.69, 9.17) is 10.5 Å². The van der Waals surface area contributed by atoms with Crippen LogP contribution in [0.3, 0.4) is 0 Å². The van der Waals surface area contributed by atoms with Crippen molar-refractivity contribution in [3.63, 3.8) is 0 Å². The van der Waals surface area contributed by atoms with Gasteiger partial charge in [0, 0.05) is 32.7 Å². The quantitative estimate of drug-likeness (QED) is 0.267. The number of aromatic amines is 1. The summed E-state index contributed by atoms with van der Waals surface area (Å²) in [5.74, 6) is 1.07. The average Bonchev–Trinajstić information content (AvgIpc) is 3.46. The number of imidazole rings is 2. The SMILES string of the molecule is COC(CCn1cnc2c(N)ncnc21)CN(CCCCc1nc2ccc(C(F)(F)F)cc2[nH]1)C(C)C. The van der Waals surface area contributed by atoms with Crippen molar-refractivity contribution in [1.29, 1.82) is 0 Å². The molecule has 1 atom stereocenters. The Morgan fingerprint density at radius 2 is 1.97 bits per heavy atom. The summed E-state index contributed by atoms with van der Waals surface area (Å²) in [5, 5.41) is 0. The number of benzene rings is 1. The summed E-state index contributed by atoms with van der Waals surface area (Å²) in [7, 11) is 1.72. The van der Waals surface area contributed by atoms with Crippen LogP contribution >= 0.6 is 0 Å². The third-order valence-electron chi connectivity index (χ3n) is 6.59. The number of halogens is 3. The minimum Gasteiger partial charge on any atom is -0.382 e. The maximum atomic E-state index is 13.0. The number of hydrogen-bond acceptors (Lipinski definition) is 7. The third-order valence-corrected chi connectivity index (χ3v) is 6.59. The Labute approximate surface area is 213 Å². The Bertz CT molecular complexity index is 1320. The first kappa shape index (κ1) is 26.8. The van der Waals surface area contributed by atoms with Crippen molar-refractivity contribution in [3.05, 3.63) is 42.2 Å². The van der Waals surface area contributed by atoms with Crippen LogP contribution in [0.15, 0.2) is 30.9 Å². The van der Waals surface area contributed by atoms with Gasteiger partial charge in [-0.3, -0.25) is 4.90 Å². The van der Waals surface area contributed by atoms with E-state index < -0.39 is 11.7 Å². The number of aryl methyl sites for hydroxylation is 2. The normalized spacial score (nSPS) is 13.4. The zero-order valence-electron chi connectivity index (χ0n) is 21.3. The van der Waals surface area contributed by atoms with E-state index in [2.05, 4.69) is 43.7 Å². The molecule has 0 aliphatic rings. The second kappa shape index (κ2) is 11.4. The molecule has 9 nitrogen and oxygen atoms in total. The number of rotatable bonds is 12. The summed E-state index contributed by atoms with van der Waals surface area (Å²) < 4.78 is 46.6. The molecule has 37 heavy (non-hydrogen) atoms. The van der Waals surface area contributed by atoms with E-state index in [-0.39, 0.29) is 6.10 Å². The van der Waals surface area contributed by atoms with Crippen LogP contribution in [-0.2, 0) is 23.9 Å². The molecule has 0 radical (unpaired) electrons. The van der Waals surface area contributed by atoms with Gasteiger partial charge in [0.05, 0.1) is 29.0 Å². The number of ether oxygens (including phenoxy) is 1. The standard InChI is InChI=1S/C25H33F3N8O/c1-16(2)35(13-18(37-3)9-11-36-15-32-22-23(29)30-14-31-24(22)36)10-5-4-6-21-33-19-8-7-17(25(26,27)28)12-20(19)34-21/h7-8,12,14-16,18H,4-6,9-11,13H2,1-3H3,(H,33,34)(H2,29,30,31). The number of nitrogens with two attached hydrogens (primary N) is 1. The number of methoxy groups -OCH3 is 1. The van der Waals surface area contributed by atoms with Crippen molar-refractivity contribution >= 4 is 28.0 Å². The van der Waals surface area contributed by atoms with Gasteiger partial charge < -0.3 is 20.0 Å². The molecule has 0 amide bonds. The lowest BCUT2D eigenvalue weighted by molar-refractivity contribution is -0.137. The molecule has 0 spiro atoms. The summed E-state index contributed by atoms with van der Waals surface area (Å²) in [6, 6.07) is 3.94. The van der Waals surface area contributed by atoms with Crippen LogP contribution in [0.4, 0.5) is 19.0 Å². The number of aromatic nitrogens is 6. The lowest BCUT2D eigenvalue weighted by atomic mass is 10.1. The van der Waals surface area contributed by atoms with Crippen LogP contribution in [-0.4, -0.2) is 66.7 Å². The van der Waals surface area contributed by atoms with Gasteiger partial charge in [-0.1, -0.05) is 0 Å². The molecule has 0 fully saturated rings. The molecule has 4 rings (SSSR count). The first-order valence-electron chi connectivity index (χ1n) is 12.4. The molecule has 0 aliphatic carbocycles. The molecule has 12 heteroatoms. The molecule has 3 N–H and O–H groups in total. The first-order chi connectivity index (χ1) is 17.7. The van der Waals surface area contributed by atoms with Crippen molar-refractivity contribution in [3.8, 4) is 0 Å². The second-order valence-corrected chi connectivity index (χ2v) is 9.47. The highest BCUT2D eigenvalue weighted by Gasteiger charge is 2.30. The largest absolute Gasteiger partial charge is 0.416 e. The van der Waals surface area contributed by atoms with E-state index in [1.165, 1.54) is 12.4 Å². The van der Waals surface area contributed by atoms with Crippen molar-refractivity contribution in [2.45, 2.75) is 64.4 Å². The van der Waals surface area contributed by atoms with Gasteiger partial charge in [-0.25, -0.2) is 19.9 Å². The molecule has 0 saturated heterocycles. The van der Waals surface area contributed by atoms with Crippen LogP contribution in [0.25, 0.3) is 22.2 Å². The number of nitrogen functional groups attached to an aromatic ring is 1. The Morgan fingerprint density at radius 3 is 2.70 bits per heavy atom. The fourth-order valence-electron chi connectivity index (χ4n) is 4.42. The monoisotopic (exact) mass is 518 g/mol. The second-order valence-electron chi connectivity index (χ2n) is 9.47. The zero-order valence-corrected chi connectivity index (χ0v) is 21.3. The predicted octanol–water partition coefficient (Wildman–Crippen LogP) is 4.44. The van der Waals surface area contributed by atoms with Gasteiger partial charge in [0.15, 0.2) is 11.5 Å². The summed E-state index contributed by atoms with van der Waals surface area (Å²) in [5.41, 5.74) is 7.49. The van der Waals surface area contributed by atoms with E-state index >= 15 is 0 Å². The van der Waals surface area contributed by atoms with Gasteiger partial charge in [-0.2, -0.15) is 13.2 Å². The van der Waals surface area contributed by atoms with Crippen LogP contribution in [0.5, 0.6) is 0 Å². The maximum Gasteiger partial charge on any atom is 0.416 e. The van der Waals surface area contributed by atoms with Gasteiger partial charge in [-0.15, -0.1) is 0 Å². The topological polar surface area (TPSA) is 111 Å². The fraction of sp³-hybridized carbons (Fsp3) is 0.520. The highest BCUT2D eigenvalue weighted by molar-refractivity contribution is 5.81. The van der Waals surface area contributed by atoms with Gasteiger partial charge >= 0.3 is 6.18 Å². The Morgan fingerprint density at radius 1 is 1.16 bits per heavy atom. The lowest BCUT2D eigenvalue weighted by Gasteiger charge is -2.30. The van der Waals surface area contributed by atoms with Gasteiger partial charge in [0.25, 0.3) is 0 Å². The van der Waals surface area contributed by atoms with E-state index in [1.807, 2.05) is 4.57 Å². The molecule has 4 aromatic rings. The Kier molecular flexibility index (Phi) is 8.28. The molecule has 3 heterocycles. The summed E-state index contributed by atoms with van der Waals surface area (Å²) in [6.07, 6.45) is 2.09. The molecule has 0 saturated carbocycles. The van der Waals surface area contributed by atoms with Crippen LogP contribution < -0.4 is 5.73 Å². The number of unbranched alkanes of at least 4 members (excludes halogenated alkanes) is 1. The summed E-state index contributed by atoms with van der Waals surface area (Å²) in [6.45, 7) is 6.68. The van der Waals surface area contributed by atoms with Crippen molar-refractivity contribution in [2.24, 2.45) is 0 Å². The Hall–Kier alpha value is -3.25. The highest BCUT2D eigenvalue weighted by Crippen LogP contribution is 2.31. The van der Waals surface area contributed by atoms with Gasteiger partial charge in [0.2, 0.25) is 0 Å². The van der Waals surface area contributed by atoms with Crippen LogP contribution in [0.1, 0.15) is 44.5 Å². The highest BCUT2D eigenvalue weighted by atomic mass is 19.4. The van der Waals surface area contributed by atoms with Gasteiger partial charge in [-0.05, 0) is 57.9 Å². The van der Waals surface area contributed by atoms with Gasteiger partial charge in [0.1, 0.15) is 17.7 Å². The predicted molar refractivity (Wildman–Crippen MR) is 136 cm³/mol. The lowest BCUT2D eigenvalue weighted by Crippen LogP contribution is -2.39.